The third kappa shape index (κ3) is 2.53. The molecule has 0 radical (unpaired) electrons. The van der Waals surface area contributed by atoms with E-state index in [1.807, 2.05) is 0 Å². The van der Waals surface area contributed by atoms with Crippen molar-refractivity contribution >= 4 is 11.8 Å². The molecule has 88 valence electrons. The largest absolute Gasteiger partial charge is 0.493 e. The number of esters is 1. The first kappa shape index (κ1) is 11.4. The van der Waals surface area contributed by atoms with E-state index < -0.39 is 5.97 Å². The van der Waals surface area contributed by atoms with Crippen molar-refractivity contribution in [2.45, 2.75) is 6.42 Å². The summed E-state index contributed by atoms with van der Waals surface area (Å²) in [7, 11) is 1.27. The zero-order valence-electron chi connectivity index (χ0n) is 9.43. The van der Waals surface area contributed by atoms with Crippen molar-refractivity contribution in [2.24, 2.45) is 0 Å². The van der Waals surface area contributed by atoms with Gasteiger partial charge in [-0.25, -0.2) is 4.79 Å². The van der Waals surface area contributed by atoms with Crippen LogP contribution in [0.4, 0.5) is 0 Å². The Morgan fingerprint density at radius 1 is 1.35 bits per heavy atom. The van der Waals surface area contributed by atoms with Crippen LogP contribution in [0.15, 0.2) is 30.4 Å². The average Bonchev–Trinajstić information content (AvgIpc) is 2.82. The van der Waals surface area contributed by atoms with Gasteiger partial charge in [0.1, 0.15) is 5.75 Å². The maximum Gasteiger partial charge on any atom is 0.330 e. The van der Waals surface area contributed by atoms with E-state index in [1.54, 1.807) is 18.2 Å². The molecule has 1 aliphatic heterocycles. The number of hydrogen-bond donors (Lipinski definition) is 0. The summed E-state index contributed by atoms with van der Waals surface area (Å²) in [5.41, 5.74) is 1.58. The van der Waals surface area contributed by atoms with E-state index in [4.69, 9.17) is 4.74 Å². The predicted molar refractivity (Wildman–Crippen MR) is 61.1 cm³/mol. The van der Waals surface area contributed by atoms with Crippen LogP contribution in [0, 0.1) is 0 Å². The number of methoxy groups -OCH3 is 1. The van der Waals surface area contributed by atoms with E-state index in [9.17, 15) is 9.59 Å². The summed E-state index contributed by atoms with van der Waals surface area (Å²) in [6.07, 6.45) is 3.15. The fourth-order valence-electron chi connectivity index (χ4n) is 1.65. The van der Waals surface area contributed by atoms with Crippen molar-refractivity contribution in [2.75, 3.05) is 13.7 Å². The quantitative estimate of drug-likeness (QED) is 0.450. The minimum Gasteiger partial charge on any atom is -0.493 e. The van der Waals surface area contributed by atoms with Gasteiger partial charge in [0.15, 0.2) is 5.78 Å². The highest BCUT2D eigenvalue weighted by molar-refractivity contribution is 6.07. The third-order valence-electron chi connectivity index (χ3n) is 2.55. The number of carbonyl (C=O) groups excluding carboxylic acids is 2. The SMILES string of the molecule is COC(=O)/C=C/C(=O)c1ccc2c(c1)CCO2. The van der Waals surface area contributed by atoms with E-state index in [2.05, 4.69) is 4.74 Å². The first-order chi connectivity index (χ1) is 8.20. The van der Waals surface area contributed by atoms with Crippen LogP contribution in [0.1, 0.15) is 15.9 Å². The zero-order chi connectivity index (χ0) is 12.3. The molecular weight excluding hydrogens is 220 g/mol. The van der Waals surface area contributed by atoms with E-state index >= 15 is 0 Å². The van der Waals surface area contributed by atoms with Gasteiger partial charge in [0.25, 0.3) is 0 Å². The maximum absolute atomic E-state index is 11.7. The minimum absolute atomic E-state index is 0.217. The van der Waals surface area contributed by atoms with Crippen LogP contribution in [0.3, 0.4) is 0 Å². The van der Waals surface area contributed by atoms with Gasteiger partial charge in [0, 0.05) is 18.1 Å². The molecule has 1 aliphatic rings. The first-order valence-corrected chi connectivity index (χ1v) is 5.27. The van der Waals surface area contributed by atoms with Gasteiger partial charge < -0.3 is 9.47 Å². The second kappa shape index (κ2) is 4.82. The number of benzene rings is 1. The summed E-state index contributed by atoms with van der Waals surface area (Å²) >= 11 is 0. The van der Waals surface area contributed by atoms with Crippen molar-refractivity contribution in [3.05, 3.63) is 41.5 Å². The van der Waals surface area contributed by atoms with Gasteiger partial charge in [0.2, 0.25) is 0 Å². The van der Waals surface area contributed by atoms with E-state index in [0.717, 1.165) is 23.8 Å². The highest BCUT2D eigenvalue weighted by Gasteiger charge is 2.13. The first-order valence-electron chi connectivity index (χ1n) is 5.27. The number of hydrogen-bond acceptors (Lipinski definition) is 4. The Bertz CT molecular complexity index is 488. The molecular formula is C13H12O4. The minimum atomic E-state index is -0.539. The van der Waals surface area contributed by atoms with Gasteiger partial charge in [-0.3, -0.25) is 4.79 Å². The lowest BCUT2D eigenvalue weighted by Gasteiger charge is -2.00. The Labute approximate surface area is 98.8 Å². The predicted octanol–water partition coefficient (Wildman–Crippen LogP) is 1.53. The zero-order valence-corrected chi connectivity index (χ0v) is 9.43. The molecule has 0 aromatic heterocycles. The molecule has 0 spiro atoms. The Kier molecular flexibility index (Phi) is 3.23. The van der Waals surface area contributed by atoms with Crippen molar-refractivity contribution < 1.29 is 19.1 Å². The number of rotatable bonds is 3. The molecule has 0 bridgehead atoms. The molecule has 4 nitrogen and oxygen atoms in total. The van der Waals surface area contributed by atoms with Gasteiger partial charge in [-0.1, -0.05) is 0 Å². The number of ether oxygens (including phenoxy) is 2. The van der Waals surface area contributed by atoms with Gasteiger partial charge in [-0.2, -0.15) is 0 Å². The standard InChI is InChI=1S/C13H12O4/c1-16-13(15)5-3-11(14)9-2-4-12-10(8-9)6-7-17-12/h2-5,8H,6-7H2,1H3/b5-3+. The molecule has 0 saturated heterocycles. The lowest BCUT2D eigenvalue weighted by atomic mass is 10.1. The van der Waals surface area contributed by atoms with Crippen molar-refractivity contribution in [1.29, 1.82) is 0 Å². The summed E-state index contributed by atoms with van der Waals surface area (Å²) in [5, 5.41) is 0. The summed E-state index contributed by atoms with van der Waals surface area (Å²) in [6.45, 7) is 0.658. The Morgan fingerprint density at radius 3 is 2.94 bits per heavy atom. The van der Waals surface area contributed by atoms with E-state index in [1.165, 1.54) is 13.2 Å². The molecule has 4 heteroatoms. The van der Waals surface area contributed by atoms with E-state index in [0.29, 0.717) is 12.2 Å². The highest BCUT2D eigenvalue weighted by Crippen LogP contribution is 2.26. The smallest absolute Gasteiger partial charge is 0.330 e. The highest BCUT2D eigenvalue weighted by atomic mass is 16.5. The van der Waals surface area contributed by atoms with Crippen molar-refractivity contribution in [3.8, 4) is 5.75 Å². The summed E-state index contributed by atoms with van der Waals surface area (Å²) in [5.74, 6) is 0.0754. The maximum atomic E-state index is 11.7. The summed E-state index contributed by atoms with van der Waals surface area (Å²) in [4.78, 5) is 22.6. The fourth-order valence-corrected chi connectivity index (χ4v) is 1.65. The molecule has 1 aromatic rings. The van der Waals surface area contributed by atoms with Crippen LogP contribution >= 0.6 is 0 Å². The van der Waals surface area contributed by atoms with Gasteiger partial charge in [-0.05, 0) is 29.8 Å². The normalized spacial score (nSPS) is 13.2. The van der Waals surface area contributed by atoms with Crippen LogP contribution < -0.4 is 4.74 Å². The number of carbonyl (C=O) groups is 2. The van der Waals surface area contributed by atoms with Crippen LogP contribution in [0.2, 0.25) is 0 Å². The van der Waals surface area contributed by atoms with Gasteiger partial charge in [0.05, 0.1) is 13.7 Å². The van der Waals surface area contributed by atoms with Gasteiger partial charge in [-0.15, -0.1) is 0 Å². The Balaban J connectivity index is 2.15. The summed E-state index contributed by atoms with van der Waals surface area (Å²) < 4.78 is 9.76. The topological polar surface area (TPSA) is 52.6 Å². The Hall–Kier alpha value is -2.10. The molecule has 1 aromatic carbocycles. The molecule has 0 amide bonds. The second-order valence-corrected chi connectivity index (χ2v) is 3.64. The van der Waals surface area contributed by atoms with Crippen molar-refractivity contribution in [1.82, 2.24) is 0 Å². The lowest BCUT2D eigenvalue weighted by Crippen LogP contribution is -1.99. The molecule has 0 N–H and O–H groups in total. The molecule has 2 rings (SSSR count). The van der Waals surface area contributed by atoms with Crippen LogP contribution in [-0.2, 0) is 16.0 Å². The van der Waals surface area contributed by atoms with Crippen LogP contribution in [0.25, 0.3) is 0 Å². The molecule has 17 heavy (non-hydrogen) atoms. The van der Waals surface area contributed by atoms with Crippen LogP contribution in [0.5, 0.6) is 5.75 Å². The lowest BCUT2D eigenvalue weighted by molar-refractivity contribution is -0.134. The second-order valence-electron chi connectivity index (χ2n) is 3.64. The van der Waals surface area contributed by atoms with Gasteiger partial charge >= 0.3 is 5.97 Å². The monoisotopic (exact) mass is 232 g/mol. The molecule has 1 heterocycles. The molecule has 0 saturated carbocycles. The third-order valence-corrected chi connectivity index (χ3v) is 2.55. The summed E-state index contributed by atoms with van der Waals surface area (Å²) in [6, 6.07) is 5.27. The molecule has 0 atom stereocenters. The average molecular weight is 232 g/mol. The Morgan fingerprint density at radius 2 is 2.18 bits per heavy atom. The number of ketones is 1. The van der Waals surface area contributed by atoms with E-state index in [-0.39, 0.29) is 5.78 Å². The van der Waals surface area contributed by atoms with Crippen LogP contribution in [-0.4, -0.2) is 25.5 Å². The van der Waals surface area contributed by atoms with Crippen molar-refractivity contribution in [3.63, 3.8) is 0 Å². The number of fused-ring (bicyclic) bond motifs is 1. The number of allylic oxidation sites excluding steroid dienone is 1. The fraction of sp³-hybridized carbons (Fsp3) is 0.231. The molecule has 0 aliphatic carbocycles. The molecule has 0 fully saturated rings. The molecule has 0 unspecified atom stereocenters.